The number of anilines is 1. The van der Waals surface area contributed by atoms with Crippen molar-refractivity contribution >= 4 is 16.5 Å². The van der Waals surface area contributed by atoms with Crippen molar-refractivity contribution < 1.29 is 13.2 Å². The van der Waals surface area contributed by atoms with E-state index in [1.165, 1.54) is 0 Å². The summed E-state index contributed by atoms with van der Waals surface area (Å²) in [7, 11) is 0. The summed E-state index contributed by atoms with van der Waals surface area (Å²) in [5, 5.41) is 3.53. The summed E-state index contributed by atoms with van der Waals surface area (Å²) in [5.74, 6) is 0. The highest BCUT2D eigenvalue weighted by Crippen LogP contribution is 2.37. The van der Waals surface area contributed by atoms with Crippen molar-refractivity contribution in [2.24, 2.45) is 0 Å². The second kappa shape index (κ2) is 6.30. The number of halogens is 3. The van der Waals surface area contributed by atoms with Crippen molar-refractivity contribution in [2.75, 3.05) is 18.0 Å². The van der Waals surface area contributed by atoms with Crippen LogP contribution in [0.1, 0.15) is 45.2 Å². The molecule has 0 unspecified atom stereocenters. The van der Waals surface area contributed by atoms with E-state index in [0.29, 0.717) is 18.2 Å². The van der Waals surface area contributed by atoms with E-state index in [2.05, 4.69) is 10.3 Å². The molecule has 0 aromatic carbocycles. The van der Waals surface area contributed by atoms with Gasteiger partial charge in [0, 0.05) is 25.2 Å². The average molecular weight is 309 g/mol. The fraction of sp³-hybridized carbons (Fsp3) is 0.769. The molecule has 0 fully saturated rings. The molecule has 0 saturated heterocycles. The van der Waals surface area contributed by atoms with E-state index < -0.39 is 11.9 Å². The fourth-order valence-electron chi connectivity index (χ4n) is 1.66. The number of thiazole rings is 1. The van der Waals surface area contributed by atoms with Gasteiger partial charge in [-0.25, -0.2) is 4.98 Å². The quantitative estimate of drug-likeness (QED) is 0.894. The minimum atomic E-state index is -4.41. The van der Waals surface area contributed by atoms with E-state index in [0.717, 1.165) is 11.3 Å². The molecular weight excluding hydrogens is 287 g/mol. The maximum absolute atomic E-state index is 13.1. The van der Waals surface area contributed by atoms with Gasteiger partial charge in [0.25, 0.3) is 0 Å². The first-order valence-electron chi connectivity index (χ1n) is 6.65. The van der Waals surface area contributed by atoms with Gasteiger partial charge in [-0.15, -0.1) is 0 Å². The summed E-state index contributed by atoms with van der Waals surface area (Å²) >= 11 is 1.12. The lowest BCUT2D eigenvalue weighted by Gasteiger charge is -2.20. The summed E-state index contributed by atoms with van der Waals surface area (Å²) < 4.78 is 39.2. The van der Waals surface area contributed by atoms with Crippen LogP contribution in [-0.4, -0.2) is 23.6 Å². The van der Waals surface area contributed by atoms with E-state index in [-0.39, 0.29) is 17.0 Å². The van der Waals surface area contributed by atoms with Crippen LogP contribution < -0.4 is 10.2 Å². The van der Waals surface area contributed by atoms with Crippen LogP contribution >= 0.6 is 11.3 Å². The van der Waals surface area contributed by atoms with Crippen molar-refractivity contribution in [3.63, 3.8) is 0 Å². The minimum absolute atomic E-state index is 0.178. The normalized spacial score (nSPS) is 12.8. The molecule has 0 radical (unpaired) electrons. The van der Waals surface area contributed by atoms with Gasteiger partial charge in [-0.05, 0) is 34.6 Å². The van der Waals surface area contributed by atoms with E-state index in [4.69, 9.17) is 0 Å². The lowest BCUT2D eigenvalue weighted by molar-refractivity contribution is -0.141. The highest BCUT2D eigenvalue weighted by atomic mass is 32.1. The molecule has 0 aliphatic heterocycles. The van der Waals surface area contributed by atoms with Gasteiger partial charge >= 0.3 is 6.18 Å². The molecule has 0 aliphatic rings. The van der Waals surface area contributed by atoms with Gasteiger partial charge in [-0.1, -0.05) is 11.3 Å². The van der Waals surface area contributed by atoms with E-state index in [1.54, 1.807) is 0 Å². The molecule has 20 heavy (non-hydrogen) atoms. The van der Waals surface area contributed by atoms with Gasteiger partial charge in [0.05, 0.1) is 4.88 Å². The molecule has 0 saturated carbocycles. The first-order valence-corrected chi connectivity index (χ1v) is 7.47. The van der Waals surface area contributed by atoms with Crippen molar-refractivity contribution in [2.45, 2.75) is 52.9 Å². The number of nitrogens with one attached hydrogen (secondary N) is 1. The van der Waals surface area contributed by atoms with Gasteiger partial charge in [0.15, 0.2) is 10.8 Å². The molecule has 1 heterocycles. The number of nitrogens with zero attached hydrogens (tertiary/aromatic N) is 2. The molecule has 1 N–H and O–H groups in total. The summed E-state index contributed by atoms with van der Waals surface area (Å²) in [5.41, 5.74) is -0.997. The van der Waals surface area contributed by atoms with E-state index >= 15 is 0 Å². The van der Waals surface area contributed by atoms with Crippen LogP contribution in [0.4, 0.5) is 18.3 Å². The average Bonchev–Trinajstić information content (AvgIpc) is 2.71. The first-order chi connectivity index (χ1) is 9.08. The third-order valence-electron chi connectivity index (χ3n) is 2.77. The van der Waals surface area contributed by atoms with Crippen LogP contribution in [0.25, 0.3) is 0 Å². The van der Waals surface area contributed by atoms with E-state index in [9.17, 15) is 13.2 Å². The second-order valence-corrected chi connectivity index (χ2v) is 6.60. The molecule has 1 aromatic rings. The number of alkyl halides is 3. The third kappa shape index (κ3) is 4.63. The highest BCUT2D eigenvalue weighted by molar-refractivity contribution is 7.15. The largest absolute Gasteiger partial charge is 0.434 e. The van der Waals surface area contributed by atoms with Crippen LogP contribution in [0.2, 0.25) is 0 Å². The maximum atomic E-state index is 13.1. The first kappa shape index (κ1) is 17.2. The Morgan fingerprint density at radius 3 is 2.10 bits per heavy atom. The highest BCUT2D eigenvalue weighted by Gasteiger charge is 2.38. The number of hydrogen-bond donors (Lipinski definition) is 1. The molecule has 1 aromatic heterocycles. The predicted octanol–water partition coefficient (Wildman–Crippen LogP) is 3.90. The molecular formula is C13H22F3N3S. The summed E-state index contributed by atoms with van der Waals surface area (Å²) in [6.07, 6.45) is -4.41. The van der Waals surface area contributed by atoms with Gasteiger partial charge in [-0.2, -0.15) is 13.2 Å². The monoisotopic (exact) mass is 309 g/mol. The van der Waals surface area contributed by atoms with Crippen LogP contribution in [0.5, 0.6) is 0 Å². The molecule has 0 aliphatic carbocycles. The molecule has 1 rings (SSSR count). The Labute approximate surface area is 122 Å². The zero-order valence-corrected chi connectivity index (χ0v) is 13.4. The molecule has 3 nitrogen and oxygen atoms in total. The summed E-state index contributed by atoms with van der Waals surface area (Å²) in [6, 6.07) is 0. The lowest BCUT2D eigenvalue weighted by Crippen LogP contribution is -2.35. The Bertz CT molecular complexity index is 431. The molecule has 7 heteroatoms. The van der Waals surface area contributed by atoms with Gasteiger partial charge in [0.2, 0.25) is 0 Å². The Balaban J connectivity index is 3.07. The molecule has 0 spiro atoms. The zero-order valence-electron chi connectivity index (χ0n) is 12.6. The molecule has 0 atom stereocenters. The van der Waals surface area contributed by atoms with Crippen LogP contribution in [-0.2, 0) is 12.7 Å². The third-order valence-corrected chi connectivity index (χ3v) is 3.88. The number of rotatable bonds is 5. The van der Waals surface area contributed by atoms with Crippen molar-refractivity contribution in [1.29, 1.82) is 0 Å². The molecule has 0 amide bonds. The van der Waals surface area contributed by atoms with Crippen LogP contribution in [0.3, 0.4) is 0 Å². The van der Waals surface area contributed by atoms with Crippen molar-refractivity contribution in [3.8, 4) is 0 Å². The Hall–Kier alpha value is -0.820. The Morgan fingerprint density at radius 2 is 1.70 bits per heavy atom. The summed E-state index contributed by atoms with van der Waals surface area (Å²) in [4.78, 5) is 5.88. The van der Waals surface area contributed by atoms with Crippen LogP contribution in [0.15, 0.2) is 0 Å². The fourth-order valence-corrected chi connectivity index (χ4v) is 2.80. The summed E-state index contributed by atoms with van der Waals surface area (Å²) in [6.45, 7) is 11.1. The molecule has 0 bridgehead atoms. The topological polar surface area (TPSA) is 28.2 Å². The van der Waals surface area contributed by atoms with Crippen LogP contribution in [0, 0.1) is 0 Å². The Kier molecular flexibility index (Phi) is 5.43. The number of aromatic nitrogens is 1. The van der Waals surface area contributed by atoms with Gasteiger partial charge < -0.3 is 10.2 Å². The second-order valence-electron chi connectivity index (χ2n) is 5.54. The van der Waals surface area contributed by atoms with Crippen molar-refractivity contribution in [3.05, 3.63) is 10.6 Å². The smallest absolute Gasteiger partial charge is 0.349 e. The van der Waals surface area contributed by atoms with E-state index in [1.807, 2.05) is 39.5 Å². The standard InChI is InChI=1S/C13H22F3N3S/c1-6-19(7-2)11-18-10(13(14,15)16)9(20-11)8-17-12(3,4)5/h17H,6-8H2,1-5H3. The van der Waals surface area contributed by atoms with Gasteiger partial charge in [0.1, 0.15) is 0 Å². The molecule has 116 valence electrons. The Morgan fingerprint density at radius 1 is 1.15 bits per heavy atom. The van der Waals surface area contributed by atoms with Gasteiger partial charge in [-0.3, -0.25) is 0 Å². The maximum Gasteiger partial charge on any atom is 0.434 e. The predicted molar refractivity (Wildman–Crippen MR) is 77.3 cm³/mol. The minimum Gasteiger partial charge on any atom is -0.349 e. The van der Waals surface area contributed by atoms with Crippen molar-refractivity contribution in [1.82, 2.24) is 10.3 Å². The lowest BCUT2D eigenvalue weighted by atomic mass is 10.1. The SMILES string of the molecule is CCN(CC)c1nc(C(F)(F)F)c(CNC(C)(C)C)s1. The zero-order chi connectivity index (χ0) is 15.6. The number of hydrogen-bond acceptors (Lipinski definition) is 4.